The van der Waals surface area contributed by atoms with Crippen molar-refractivity contribution in [1.82, 2.24) is 0 Å². The summed E-state index contributed by atoms with van der Waals surface area (Å²) >= 11 is 0. The van der Waals surface area contributed by atoms with Crippen LogP contribution in [0.1, 0.15) is 33.3 Å². The van der Waals surface area contributed by atoms with Crippen molar-refractivity contribution in [3.63, 3.8) is 0 Å². The number of hydrogen-bond donors (Lipinski definition) is 0. The molecular formula is C18H26O. The summed E-state index contributed by atoms with van der Waals surface area (Å²) in [6, 6.07) is 10.6. The summed E-state index contributed by atoms with van der Waals surface area (Å²) in [6.45, 7) is 10.5. The maximum absolute atomic E-state index is 6.36. The average molecular weight is 258 g/mol. The lowest BCUT2D eigenvalue weighted by Gasteiger charge is -2.33. The zero-order valence-electron chi connectivity index (χ0n) is 12.5. The summed E-state index contributed by atoms with van der Waals surface area (Å²) in [6.07, 6.45) is 0.482. The minimum Gasteiger partial charge on any atom is -0.373 e. The van der Waals surface area contributed by atoms with Gasteiger partial charge in [-0.2, -0.15) is 0 Å². The largest absolute Gasteiger partial charge is 0.373 e. The molecule has 2 aliphatic rings. The zero-order valence-corrected chi connectivity index (χ0v) is 12.5. The highest BCUT2D eigenvalue weighted by atomic mass is 16.5. The lowest BCUT2D eigenvalue weighted by Crippen LogP contribution is -2.28. The second-order valence-electron chi connectivity index (χ2n) is 6.85. The Hall–Kier alpha value is -0.820. The number of benzene rings is 1. The highest BCUT2D eigenvalue weighted by Gasteiger charge is 2.58. The summed E-state index contributed by atoms with van der Waals surface area (Å²) in [7, 11) is 0. The second kappa shape index (κ2) is 4.94. The molecule has 2 saturated carbocycles. The molecule has 0 heterocycles. The molecule has 1 heteroatoms. The second-order valence-corrected chi connectivity index (χ2v) is 6.85. The minimum atomic E-state index is 0.482. The molecule has 3 rings (SSSR count). The van der Waals surface area contributed by atoms with Crippen LogP contribution in [-0.2, 0) is 11.3 Å². The Morgan fingerprint density at radius 2 is 1.26 bits per heavy atom. The van der Waals surface area contributed by atoms with Gasteiger partial charge in [-0.3, -0.25) is 0 Å². The Morgan fingerprint density at radius 1 is 0.789 bits per heavy atom. The van der Waals surface area contributed by atoms with E-state index in [1.165, 1.54) is 5.56 Å². The van der Waals surface area contributed by atoms with E-state index in [0.29, 0.717) is 6.10 Å². The molecule has 1 nitrogen and oxygen atoms in total. The molecule has 104 valence electrons. The first-order valence-corrected chi connectivity index (χ1v) is 7.76. The molecule has 0 spiro atoms. The van der Waals surface area contributed by atoms with Crippen molar-refractivity contribution in [3.8, 4) is 0 Å². The molecule has 0 saturated heterocycles. The fraction of sp³-hybridized carbons (Fsp3) is 0.667. The van der Waals surface area contributed by atoms with Crippen LogP contribution in [0, 0.1) is 35.5 Å². The summed E-state index contributed by atoms with van der Waals surface area (Å²) in [5.74, 6) is 4.79. The van der Waals surface area contributed by atoms with E-state index in [-0.39, 0.29) is 0 Å². The molecule has 2 bridgehead atoms. The number of rotatable bonds is 3. The standard InChI is InChI=1S/C18H26O/c1-11-12(2)17-14(4)13(3)16(11)18(17)19-10-15-8-6-5-7-9-15/h5-9,11-14,16-18H,10H2,1-4H3/t11-,12-,13-,14+,16?,17?,18?/m1/s1. The Labute approximate surface area is 117 Å². The van der Waals surface area contributed by atoms with E-state index < -0.39 is 0 Å². The smallest absolute Gasteiger partial charge is 0.0720 e. The minimum absolute atomic E-state index is 0.482. The molecule has 19 heavy (non-hydrogen) atoms. The van der Waals surface area contributed by atoms with Crippen LogP contribution in [0.15, 0.2) is 30.3 Å². The van der Waals surface area contributed by atoms with Gasteiger partial charge in [0.05, 0.1) is 12.7 Å². The van der Waals surface area contributed by atoms with Crippen molar-refractivity contribution in [2.45, 2.75) is 40.4 Å². The first-order chi connectivity index (χ1) is 9.11. The van der Waals surface area contributed by atoms with Crippen LogP contribution >= 0.6 is 0 Å². The molecule has 2 aliphatic carbocycles. The molecule has 1 aromatic carbocycles. The van der Waals surface area contributed by atoms with Gasteiger partial charge in [-0.25, -0.2) is 0 Å². The quantitative estimate of drug-likeness (QED) is 0.782. The third-order valence-corrected chi connectivity index (χ3v) is 6.13. The summed E-state index contributed by atoms with van der Waals surface area (Å²) in [4.78, 5) is 0. The maximum atomic E-state index is 6.36. The zero-order chi connectivity index (χ0) is 13.6. The fourth-order valence-electron chi connectivity index (χ4n) is 4.80. The van der Waals surface area contributed by atoms with Crippen LogP contribution in [0.5, 0.6) is 0 Å². The first kappa shape index (κ1) is 13.2. The molecule has 3 unspecified atom stereocenters. The van der Waals surface area contributed by atoms with E-state index in [9.17, 15) is 0 Å². The average Bonchev–Trinajstić information content (AvgIpc) is 2.81. The van der Waals surface area contributed by atoms with Gasteiger partial charge in [-0.1, -0.05) is 58.0 Å². The third-order valence-electron chi connectivity index (χ3n) is 6.13. The van der Waals surface area contributed by atoms with Gasteiger partial charge in [-0.15, -0.1) is 0 Å². The number of hydrogen-bond acceptors (Lipinski definition) is 1. The van der Waals surface area contributed by atoms with E-state index in [2.05, 4.69) is 58.0 Å². The third kappa shape index (κ3) is 2.03. The van der Waals surface area contributed by atoms with Gasteiger partial charge in [-0.05, 0) is 41.1 Å². The SMILES string of the molecule is C[C@@H]1C2C(OCc3ccccc3)C([C@@H]1C)[C@H](C)[C@H]2C. The first-order valence-electron chi connectivity index (χ1n) is 7.76. The Kier molecular flexibility index (Phi) is 3.42. The molecule has 0 amide bonds. The molecule has 0 radical (unpaired) electrons. The van der Waals surface area contributed by atoms with Crippen molar-refractivity contribution >= 4 is 0 Å². The van der Waals surface area contributed by atoms with Crippen LogP contribution in [-0.4, -0.2) is 6.10 Å². The highest BCUT2D eigenvalue weighted by Crippen LogP contribution is 2.59. The molecule has 0 N–H and O–H groups in total. The summed E-state index contributed by atoms with van der Waals surface area (Å²) < 4.78 is 6.36. The van der Waals surface area contributed by atoms with Crippen molar-refractivity contribution < 1.29 is 4.74 Å². The molecule has 2 fully saturated rings. The van der Waals surface area contributed by atoms with Crippen molar-refractivity contribution in [2.24, 2.45) is 35.5 Å². The maximum Gasteiger partial charge on any atom is 0.0720 e. The fourth-order valence-corrected chi connectivity index (χ4v) is 4.80. The van der Waals surface area contributed by atoms with Crippen LogP contribution in [0.3, 0.4) is 0 Å². The van der Waals surface area contributed by atoms with Crippen LogP contribution in [0.4, 0.5) is 0 Å². The molecule has 0 aliphatic heterocycles. The monoisotopic (exact) mass is 258 g/mol. The van der Waals surface area contributed by atoms with Gasteiger partial charge < -0.3 is 4.74 Å². The predicted octanol–water partition coefficient (Wildman–Crippen LogP) is 4.38. The van der Waals surface area contributed by atoms with Crippen molar-refractivity contribution in [3.05, 3.63) is 35.9 Å². The summed E-state index contributed by atoms with van der Waals surface area (Å²) in [5.41, 5.74) is 1.30. The van der Waals surface area contributed by atoms with Gasteiger partial charge >= 0.3 is 0 Å². The lowest BCUT2D eigenvalue weighted by atomic mass is 9.71. The topological polar surface area (TPSA) is 9.23 Å². The van der Waals surface area contributed by atoms with Crippen LogP contribution in [0.25, 0.3) is 0 Å². The van der Waals surface area contributed by atoms with Crippen LogP contribution in [0.2, 0.25) is 0 Å². The summed E-state index contributed by atoms with van der Waals surface area (Å²) in [5, 5.41) is 0. The Bertz CT molecular complexity index is 391. The lowest BCUT2D eigenvalue weighted by molar-refractivity contribution is 0.000463. The van der Waals surface area contributed by atoms with Gasteiger partial charge in [0.15, 0.2) is 0 Å². The molecular weight excluding hydrogens is 232 g/mol. The van der Waals surface area contributed by atoms with Gasteiger partial charge in [0, 0.05) is 0 Å². The molecule has 7 atom stereocenters. The van der Waals surface area contributed by atoms with Gasteiger partial charge in [0.25, 0.3) is 0 Å². The van der Waals surface area contributed by atoms with E-state index in [0.717, 1.165) is 42.1 Å². The van der Waals surface area contributed by atoms with Gasteiger partial charge in [0.2, 0.25) is 0 Å². The van der Waals surface area contributed by atoms with Crippen LogP contribution < -0.4 is 0 Å². The normalized spacial score (nSPS) is 44.7. The van der Waals surface area contributed by atoms with E-state index in [1.807, 2.05) is 0 Å². The molecule has 1 aromatic rings. The van der Waals surface area contributed by atoms with E-state index in [4.69, 9.17) is 4.74 Å². The number of ether oxygens (including phenoxy) is 1. The Balaban J connectivity index is 1.72. The number of fused-ring (bicyclic) bond motifs is 2. The van der Waals surface area contributed by atoms with Crippen molar-refractivity contribution in [1.29, 1.82) is 0 Å². The highest BCUT2D eigenvalue weighted by molar-refractivity contribution is 5.14. The Morgan fingerprint density at radius 3 is 1.74 bits per heavy atom. The van der Waals surface area contributed by atoms with E-state index in [1.54, 1.807) is 0 Å². The molecule has 0 aromatic heterocycles. The van der Waals surface area contributed by atoms with E-state index >= 15 is 0 Å². The predicted molar refractivity (Wildman–Crippen MR) is 78.7 cm³/mol. The van der Waals surface area contributed by atoms with Gasteiger partial charge in [0.1, 0.15) is 0 Å². The van der Waals surface area contributed by atoms with Crippen molar-refractivity contribution in [2.75, 3.05) is 0 Å².